The largest absolute Gasteiger partial charge is 0.487 e. The maximum Gasteiger partial charge on any atom is 0.126 e. The second kappa shape index (κ2) is 5.68. The Bertz CT molecular complexity index is 474. The van der Waals surface area contributed by atoms with Crippen LogP contribution in [-0.4, -0.2) is 38.1 Å². The highest BCUT2D eigenvalue weighted by atomic mass is 19.1. The number of nitrogens with two attached hydrogens (primary N) is 1. The maximum absolute atomic E-state index is 13.2. The van der Waals surface area contributed by atoms with Crippen molar-refractivity contribution >= 4 is 0 Å². The summed E-state index contributed by atoms with van der Waals surface area (Å²) >= 11 is 0. The minimum absolute atomic E-state index is 0.0721. The van der Waals surface area contributed by atoms with Gasteiger partial charge in [0.15, 0.2) is 0 Å². The molecule has 2 N–H and O–H groups in total. The molecule has 2 heterocycles. The fourth-order valence-electron chi connectivity index (χ4n) is 2.81. The summed E-state index contributed by atoms with van der Waals surface area (Å²) in [7, 11) is 0. The molecule has 0 amide bonds. The highest BCUT2D eigenvalue weighted by Crippen LogP contribution is 2.30. The molecule has 0 radical (unpaired) electrons. The van der Waals surface area contributed by atoms with E-state index in [1.54, 1.807) is 6.07 Å². The molecule has 1 saturated heterocycles. The molecule has 3 rings (SSSR count). The smallest absolute Gasteiger partial charge is 0.126 e. The van der Waals surface area contributed by atoms with E-state index in [0.29, 0.717) is 26.2 Å². The molecule has 2 unspecified atom stereocenters. The summed E-state index contributed by atoms with van der Waals surface area (Å²) in [5, 5.41) is 0. The fraction of sp³-hybridized carbons (Fsp3) is 0.600. The van der Waals surface area contributed by atoms with E-state index >= 15 is 0 Å². The van der Waals surface area contributed by atoms with Gasteiger partial charge < -0.3 is 19.9 Å². The number of fused-ring (bicyclic) bond motifs is 1. The number of halogens is 1. The van der Waals surface area contributed by atoms with E-state index in [1.807, 2.05) is 0 Å². The molecule has 0 bridgehead atoms. The molecular weight excluding hydrogens is 261 g/mol. The highest BCUT2D eigenvalue weighted by Gasteiger charge is 2.34. The number of rotatable bonds is 4. The van der Waals surface area contributed by atoms with E-state index < -0.39 is 0 Å². The van der Waals surface area contributed by atoms with Crippen molar-refractivity contribution in [3.63, 3.8) is 0 Å². The number of ether oxygens (including phenoxy) is 3. The van der Waals surface area contributed by atoms with Gasteiger partial charge >= 0.3 is 0 Å². The first-order valence-electron chi connectivity index (χ1n) is 7.08. The third-order valence-electron chi connectivity index (χ3n) is 4.00. The molecule has 1 aromatic rings. The van der Waals surface area contributed by atoms with Gasteiger partial charge in [-0.15, -0.1) is 0 Å². The van der Waals surface area contributed by atoms with Crippen LogP contribution in [0.2, 0.25) is 0 Å². The van der Waals surface area contributed by atoms with Crippen LogP contribution in [-0.2, 0) is 15.9 Å². The van der Waals surface area contributed by atoms with Crippen molar-refractivity contribution in [2.75, 3.05) is 26.4 Å². The molecule has 1 fully saturated rings. The Kier molecular flexibility index (Phi) is 3.92. The van der Waals surface area contributed by atoms with E-state index in [-0.39, 0.29) is 17.5 Å². The molecule has 20 heavy (non-hydrogen) atoms. The molecule has 0 aliphatic carbocycles. The van der Waals surface area contributed by atoms with Crippen LogP contribution < -0.4 is 10.5 Å². The SMILES string of the molecule is NCC1(OCC2Cc3cc(F)ccc3O2)CCCOC1. The van der Waals surface area contributed by atoms with Crippen LogP contribution in [0, 0.1) is 5.82 Å². The standard InChI is InChI=1S/C15H20FNO3/c16-12-2-3-14-11(6-12)7-13(20-14)8-19-15(9-17)4-1-5-18-10-15/h2-3,6,13H,1,4-5,7-10,17H2. The molecule has 5 heteroatoms. The highest BCUT2D eigenvalue weighted by molar-refractivity contribution is 5.37. The Labute approximate surface area is 118 Å². The van der Waals surface area contributed by atoms with Gasteiger partial charge in [0.25, 0.3) is 0 Å². The van der Waals surface area contributed by atoms with Gasteiger partial charge in [-0.05, 0) is 31.0 Å². The molecule has 2 atom stereocenters. The van der Waals surface area contributed by atoms with Crippen molar-refractivity contribution in [2.45, 2.75) is 31.0 Å². The summed E-state index contributed by atoms with van der Waals surface area (Å²) in [6.07, 6.45) is 2.48. The zero-order valence-corrected chi connectivity index (χ0v) is 11.4. The Morgan fingerprint density at radius 2 is 2.35 bits per heavy atom. The lowest BCUT2D eigenvalue weighted by molar-refractivity contribution is -0.135. The van der Waals surface area contributed by atoms with Crippen molar-refractivity contribution in [3.8, 4) is 5.75 Å². The summed E-state index contributed by atoms with van der Waals surface area (Å²) in [6.45, 7) is 2.21. The summed E-state index contributed by atoms with van der Waals surface area (Å²) in [5.74, 6) is 0.523. The van der Waals surface area contributed by atoms with Crippen LogP contribution >= 0.6 is 0 Å². The molecule has 0 aromatic heterocycles. The van der Waals surface area contributed by atoms with Crippen LogP contribution in [0.4, 0.5) is 4.39 Å². The molecule has 1 aromatic carbocycles. The Morgan fingerprint density at radius 3 is 3.10 bits per heavy atom. The topological polar surface area (TPSA) is 53.7 Å². The van der Waals surface area contributed by atoms with Gasteiger partial charge in [-0.1, -0.05) is 0 Å². The minimum atomic E-state index is -0.387. The second-order valence-electron chi connectivity index (χ2n) is 5.55. The summed E-state index contributed by atoms with van der Waals surface area (Å²) in [4.78, 5) is 0. The number of hydrogen-bond donors (Lipinski definition) is 1. The van der Waals surface area contributed by atoms with Gasteiger partial charge in [0, 0.05) is 25.1 Å². The lowest BCUT2D eigenvalue weighted by atomic mass is 9.96. The normalized spacial score (nSPS) is 29.0. The van der Waals surface area contributed by atoms with Crippen molar-refractivity contribution < 1.29 is 18.6 Å². The average molecular weight is 281 g/mol. The molecule has 0 spiro atoms. The quantitative estimate of drug-likeness (QED) is 0.912. The third kappa shape index (κ3) is 2.80. The van der Waals surface area contributed by atoms with Crippen molar-refractivity contribution in [3.05, 3.63) is 29.6 Å². The number of hydrogen-bond acceptors (Lipinski definition) is 4. The second-order valence-corrected chi connectivity index (χ2v) is 5.55. The molecule has 4 nitrogen and oxygen atoms in total. The van der Waals surface area contributed by atoms with E-state index in [0.717, 1.165) is 30.8 Å². The summed E-state index contributed by atoms with van der Waals surface area (Å²) in [5.41, 5.74) is 6.35. The lowest BCUT2D eigenvalue weighted by Crippen LogP contribution is -2.49. The molecule has 2 aliphatic heterocycles. The molecular formula is C15H20FNO3. The zero-order chi connectivity index (χ0) is 14.0. The van der Waals surface area contributed by atoms with Gasteiger partial charge in [0.1, 0.15) is 23.3 Å². The first-order valence-corrected chi connectivity index (χ1v) is 7.08. The van der Waals surface area contributed by atoms with Gasteiger partial charge in [-0.3, -0.25) is 0 Å². The first kappa shape index (κ1) is 13.8. The Balaban J connectivity index is 1.57. The maximum atomic E-state index is 13.2. The van der Waals surface area contributed by atoms with Crippen LogP contribution in [0.5, 0.6) is 5.75 Å². The fourth-order valence-corrected chi connectivity index (χ4v) is 2.81. The van der Waals surface area contributed by atoms with Crippen LogP contribution in [0.15, 0.2) is 18.2 Å². The van der Waals surface area contributed by atoms with Gasteiger partial charge in [0.05, 0.1) is 13.2 Å². The first-order chi connectivity index (χ1) is 9.71. The molecule has 0 saturated carbocycles. The summed E-state index contributed by atoms with van der Waals surface area (Å²) in [6, 6.07) is 4.61. The van der Waals surface area contributed by atoms with Crippen molar-refractivity contribution in [1.82, 2.24) is 0 Å². The average Bonchev–Trinajstić information content (AvgIpc) is 2.88. The van der Waals surface area contributed by atoms with Gasteiger partial charge in [0.2, 0.25) is 0 Å². The molecule has 2 aliphatic rings. The minimum Gasteiger partial charge on any atom is -0.487 e. The van der Waals surface area contributed by atoms with E-state index in [9.17, 15) is 4.39 Å². The number of benzene rings is 1. The Morgan fingerprint density at radius 1 is 1.45 bits per heavy atom. The molecule has 110 valence electrons. The lowest BCUT2D eigenvalue weighted by Gasteiger charge is -2.36. The van der Waals surface area contributed by atoms with Gasteiger partial charge in [-0.25, -0.2) is 4.39 Å². The summed E-state index contributed by atoms with van der Waals surface area (Å²) < 4.78 is 30.4. The van der Waals surface area contributed by atoms with E-state index in [4.69, 9.17) is 19.9 Å². The van der Waals surface area contributed by atoms with E-state index in [1.165, 1.54) is 12.1 Å². The van der Waals surface area contributed by atoms with Crippen LogP contribution in [0.3, 0.4) is 0 Å². The van der Waals surface area contributed by atoms with Crippen LogP contribution in [0.25, 0.3) is 0 Å². The van der Waals surface area contributed by atoms with Gasteiger partial charge in [-0.2, -0.15) is 0 Å². The van der Waals surface area contributed by atoms with Crippen LogP contribution in [0.1, 0.15) is 18.4 Å². The predicted octanol–water partition coefficient (Wildman–Crippen LogP) is 1.65. The van der Waals surface area contributed by atoms with Crippen molar-refractivity contribution in [1.29, 1.82) is 0 Å². The van der Waals surface area contributed by atoms with E-state index in [2.05, 4.69) is 0 Å². The predicted molar refractivity (Wildman–Crippen MR) is 72.3 cm³/mol. The Hall–Kier alpha value is -1.17. The monoisotopic (exact) mass is 281 g/mol. The third-order valence-corrected chi connectivity index (χ3v) is 4.00. The van der Waals surface area contributed by atoms with Crippen molar-refractivity contribution in [2.24, 2.45) is 5.73 Å². The zero-order valence-electron chi connectivity index (χ0n) is 11.4.